The van der Waals surface area contributed by atoms with Gasteiger partial charge in [-0.05, 0) is 63.2 Å². The molecule has 4 nitrogen and oxygen atoms in total. The van der Waals surface area contributed by atoms with E-state index in [0.29, 0.717) is 13.2 Å². The van der Waals surface area contributed by atoms with E-state index in [9.17, 15) is 0 Å². The van der Waals surface area contributed by atoms with E-state index in [1.54, 1.807) is 7.11 Å². The molecule has 1 N–H and O–H groups in total. The van der Waals surface area contributed by atoms with Gasteiger partial charge in [-0.25, -0.2) is 0 Å². The minimum absolute atomic E-state index is 0.596. The summed E-state index contributed by atoms with van der Waals surface area (Å²) < 4.78 is 10.5. The lowest BCUT2D eigenvalue weighted by molar-refractivity contribution is 0.146. The second kappa shape index (κ2) is 8.12. The summed E-state index contributed by atoms with van der Waals surface area (Å²) in [6.07, 6.45) is 2.59. The lowest BCUT2D eigenvalue weighted by Crippen LogP contribution is -2.32. The van der Waals surface area contributed by atoms with Crippen molar-refractivity contribution < 1.29 is 9.47 Å². The van der Waals surface area contributed by atoms with Crippen LogP contribution in [0, 0.1) is 5.92 Å². The van der Waals surface area contributed by atoms with Crippen molar-refractivity contribution in [3.63, 3.8) is 0 Å². The molecule has 1 saturated heterocycles. The third-order valence-corrected chi connectivity index (χ3v) is 3.84. The van der Waals surface area contributed by atoms with Gasteiger partial charge in [0.25, 0.3) is 0 Å². The maximum Gasteiger partial charge on any atom is 0.119 e. The second-order valence-corrected chi connectivity index (χ2v) is 5.49. The smallest absolute Gasteiger partial charge is 0.119 e. The first-order valence-corrected chi connectivity index (χ1v) is 7.42. The Morgan fingerprint density at radius 3 is 2.50 bits per heavy atom. The molecule has 112 valence electrons. The van der Waals surface area contributed by atoms with Gasteiger partial charge in [0.05, 0.1) is 6.61 Å². The van der Waals surface area contributed by atoms with E-state index in [2.05, 4.69) is 29.4 Å². The number of piperidine rings is 1. The topological polar surface area (TPSA) is 33.7 Å². The normalized spacial score (nSPS) is 17.1. The molecule has 1 heterocycles. The molecule has 0 atom stereocenters. The van der Waals surface area contributed by atoms with Gasteiger partial charge in [0.15, 0.2) is 0 Å². The van der Waals surface area contributed by atoms with Crippen LogP contribution in [0.5, 0.6) is 5.75 Å². The van der Waals surface area contributed by atoms with Crippen LogP contribution >= 0.6 is 0 Å². The van der Waals surface area contributed by atoms with E-state index in [-0.39, 0.29) is 0 Å². The molecule has 0 bridgehead atoms. The van der Waals surface area contributed by atoms with Crippen LogP contribution in [-0.2, 0) is 4.74 Å². The van der Waals surface area contributed by atoms with Crippen LogP contribution in [0.4, 0.5) is 5.69 Å². The highest BCUT2D eigenvalue weighted by atomic mass is 16.5. The quantitative estimate of drug-likeness (QED) is 0.777. The first kappa shape index (κ1) is 15.1. The van der Waals surface area contributed by atoms with E-state index in [1.165, 1.54) is 31.6 Å². The van der Waals surface area contributed by atoms with Crippen LogP contribution in [-0.4, -0.2) is 51.9 Å². The fraction of sp³-hybridized carbons (Fsp3) is 0.625. The summed E-state index contributed by atoms with van der Waals surface area (Å²) in [6, 6.07) is 8.17. The molecule has 1 aliphatic rings. The third kappa shape index (κ3) is 5.02. The Morgan fingerprint density at radius 1 is 1.15 bits per heavy atom. The number of hydrogen-bond donors (Lipinski definition) is 1. The minimum atomic E-state index is 0.596. The highest BCUT2D eigenvalue weighted by Crippen LogP contribution is 2.19. The lowest BCUT2D eigenvalue weighted by atomic mass is 9.97. The van der Waals surface area contributed by atoms with Gasteiger partial charge in [-0.15, -0.1) is 0 Å². The molecule has 0 aromatic heterocycles. The Bertz CT molecular complexity index is 373. The zero-order valence-electron chi connectivity index (χ0n) is 12.6. The molecule has 0 saturated carbocycles. The Hall–Kier alpha value is -1.26. The summed E-state index contributed by atoms with van der Waals surface area (Å²) >= 11 is 0. The van der Waals surface area contributed by atoms with E-state index in [0.717, 1.165) is 18.2 Å². The molecule has 1 aliphatic heterocycles. The molecular formula is C16H26N2O2. The zero-order valence-corrected chi connectivity index (χ0v) is 12.6. The molecule has 0 amide bonds. The van der Waals surface area contributed by atoms with Gasteiger partial charge in [-0.1, -0.05) is 0 Å². The number of hydrogen-bond acceptors (Lipinski definition) is 4. The summed E-state index contributed by atoms with van der Waals surface area (Å²) in [5.41, 5.74) is 1.17. The fourth-order valence-electron chi connectivity index (χ4n) is 2.44. The summed E-state index contributed by atoms with van der Waals surface area (Å²) in [5, 5.41) is 3.52. The molecular weight excluding hydrogens is 252 g/mol. The predicted octanol–water partition coefficient (Wildman–Crippen LogP) is 2.47. The van der Waals surface area contributed by atoms with Gasteiger partial charge in [-0.2, -0.15) is 0 Å². The number of rotatable bonds is 7. The van der Waals surface area contributed by atoms with E-state index >= 15 is 0 Å². The Morgan fingerprint density at radius 2 is 1.85 bits per heavy atom. The second-order valence-electron chi connectivity index (χ2n) is 5.49. The molecule has 1 fully saturated rings. The maximum absolute atomic E-state index is 5.55. The van der Waals surface area contributed by atoms with Crippen LogP contribution in [0.1, 0.15) is 12.8 Å². The highest BCUT2D eigenvalue weighted by Gasteiger charge is 2.15. The summed E-state index contributed by atoms with van der Waals surface area (Å²) in [5.74, 6) is 1.69. The van der Waals surface area contributed by atoms with Gasteiger partial charge >= 0.3 is 0 Å². The SMILES string of the molecule is COCCOc1ccc(NCC2CCN(C)CC2)cc1. The molecule has 4 heteroatoms. The van der Waals surface area contributed by atoms with E-state index < -0.39 is 0 Å². The number of nitrogens with one attached hydrogen (secondary N) is 1. The Kier molecular flexibility index (Phi) is 6.15. The van der Waals surface area contributed by atoms with Crippen molar-refractivity contribution in [2.75, 3.05) is 52.3 Å². The predicted molar refractivity (Wildman–Crippen MR) is 82.5 cm³/mol. The molecule has 0 spiro atoms. The lowest BCUT2D eigenvalue weighted by Gasteiger charge is -2.29. The van der Waals surface area contributed by atoms with Crippen molar-refractivity contribution >= 4 is 5.69 Å². The molecule has 2 rings (SSSR count). The van der Waals surface area contributed by atoms with Crippen molar-refractivity contribution in [1.82, 2.24) is 4.90 Å². The number of benzene rings is 1. The van der Waals surface area contributed by atoms with Gasteiger partial charge < -0.3 is 19.7 Å². The molecule has 20 heavy (non-hydrogen) atoms. The van der Waals surface area contributed by atoms with E-state index in [4.69, 9.17) is 9.47 Å². The van der Waals surface area contributed by atoms with Gasteiger partial charge in [0.1, 0.15) is 12.4 Å². The Labute approximate surface area is 122 Å². The monoisotopic (exact) mass is 278 g/mol. The standard InChI is InChI=1S/C16H26N2O2/c1-18-9-7-14(8-10-18)13-17-15-3-5-16(6-4-15)20-12-11-19-2/h3-6,14,17H,7-13H2,1-2H3. The van der Waals surface area contributed by atoms with Gasteiger partial charge in [-0.3, -0.25) is 0 Å². The minimum Gasteiger partial charge on any atom is -0.491 e. The average molecular weight is 278 g/mol. The van der Waals surface area contributed by atoms with Crippen LogP contribution in [0.25, 0.3) is 0 Å². The summed E-state index contributed by atoms with van der Waals surface area (Å²) in [4.78, 5) is 2.41. The van der Waals surface area contributed by atoms with Crippen LogP contribution < -0.4 is 10.1 Å². The van der Waals surface area contributed by atoms with Crippen molar-refractivity contribution in [3.05, 3.63) is 24.3 Å². The number of methoxy groups -OCH3 is 1. The zero-order chi connectivity index (χ0) is 14.2. The van der Waals surface area contributed by atoms with Crippen LogP contribution in [0.3, 0.4) is 0 Å². The molecule has 1 aromatic rings. The van der Waals surface area contributed by atoms with Gasteiger partial charge in [0, 0.05) is 19.3 Å². The van der Waals surface area contributed by atoms with Crippen molar-refractivity contribution in [2.24, 2.45) is 5.92 Å². The first-order valence-electron chi connectivity index (χ1n) is 7.42. The number of ether oxygens (including phenoxy) is 2. The highest BCUT2D eigenvalue weighted by molar-refractivity contribution is 5.46. The van der Waals surface area contributed by atoms with Crippen LogP contribution in [0.15, 0.2) is 24.3 Å². The Balaban J connectivity index is 1.70. The molecule has 0 unspecified atom stereocenters. The number of likely N-dealkylation sites (tertiary alicyclic amines) is 1. The van der Waals surface area contributed by atoms with Crippen molar-refractivity contribution in [3.8, 4) is 5.75 Å². The summed E-state index contributed by atoms with van der Waals surface area (Å²) in [7, 11) is 3.88. The number of anilines is 1. The first-order chi connectivity index (χ1) is 9.78. The van der Waals surface area contributed by atoms with Crippen molar-refractivity contribution in [1.29, 1.82) is 0 Å². The largest absolute Gasteiger partial charge is 0.491 e. The molecule has 0 radical (unpaired) electrons. The third-order valence-electron chi connectivity index (χ3n) is 3.84. The molecule has 0 aliphatic carbocycles. The average Bonchev–Trinajstić information content (AvgIpc) is 2.48. The number of nitrogens with zero attached hydrogens (tertiary/aromatic N) is 1. The molecule has 1 aromatic carbocycles. The van der Waals surface area contributed by atoms with E-state index in [1.807, 2.05) is 12.1 Å². The summed E-state index contributed by atoms with van der Waals surface area (Å²) in [6.45, 7) is 4.73. The van der Waals surface area contributed by atoms with Gasteiger partial charge in [0.2, 0.25) is 0 Å². The maximum atomic E-state index is 5.55. The fourth-order valence-corrected chi connectivity index (χ4v) is 2.44. The van der Waals surface area contributed by atoms with Crippen LogP contribution in [0.2, 0.25) is 0 Å². The van der Waals surface area contributed by atoms with Crippen molar-refractivity contribution in [2.45, 2.75) is 12.8 Å².